The summed E-state index contributed by atoms with van der Waals surface area (Å²) in [6, 6.07) is -0.211. The minimum Gasteiger partial charge on any atom is -0.466 e. The van der Waals surface area contributed by atoms with Crippen LogP contribution < -0.4 is 22.8 Å². The van der Waals surface area contributed by atoms with Gasteiger partial charge in [0.05, 0.1) is 6.61 Å². The van der Waals surface area contributed by atoms with Crippen molar-refractivity contribution in [2.75, 3.05) is 6.61 Å². The largest absolute Gasteiger partial charge is 0.466 e. The lowest BCUT2D eigenvalue weighted by Gasteiger charge is -1.92. The molecule has 0 unspecified atom stereocenters. The number of H-pyrrole nitrogens is 3. The summed E-state index contributed by atoms with van der Waals surface area (Å²) in [5.41, 5.74) is 2.36. The number of amidine groups is 1. The van der Waals surface area contributed by atoms with Crippen LogP contribution in [0.25, 0.3) is 0 Å². The summed E-state index contributed by atoms with van der Waals surface area (Å²) in [5, 5.41) is 6.45. The topological polar surface area (TPSA) is 158 Å². The van der Waals surface area contributed by atoms with Crippen molar-refractivity contribution >= 4 is 6.02 Å². The van der Waals surface area contributed by atoms with Crippen molar-refractivity contribution in [3.8, 4) is 0 Å². The van der Waals surface area contributed by atoms with Gasteiger partial charge < -0.3 is 10.5 Å². The SMILES string of the molecule is CCOC(=N)N.O=c1[nH]c(=O)[nH]c(=O)[nH]1. The van der Waals surface area contributed by atoms with Gasteiger partial charge in [-0.1, -0.05) is 0 Å². The molecule has 0 aliphatic heterocycles. The number of hydrogen-bond acceptors (Lipinski definition) is 5. The third-order valence-electron chi connectivity index (χ3n) is 0.981. The van der Waals surface area contributed by atoms with Crippen LogP contribution >= 0.6 is 0 Å². The first-order valence-electron chi connectivity index (χ1n) is 3.85. The Bertz CT molecular complexity index is 391. The van der Waals surface area contributed by atoms with Crippen LogP contribution in [0.3, 0.4) is 0 Å². The van der Waals surface area contributed by atoms with Crippen LogP contribution in [0.1, 0.15) is 6.92 Å². The van der Waals surface area contributed by atoms with E-state index in [1.165, 1.54) is 0 Å². The second-order valence-electron chi connectivity index (χ2n) is 2.16. The highest BCUT2D eigenvalue weighted by molar-refractivity contribution is 5.67. The van der Waals surface area contributed by atoms with Crippen LogP contribution in [-0.4, -0.2) is 27.6 Å². The molecular formula is C6H11N5O4. The number of nitrogens with one attached hydrogen (secondary N) is 4. The molecule has 0 bridgehead atoms. The molecule has 6 N–H and O–H groups in total. The van der Waals surface area contributed by atoms with Crippen molar-refractivity contribution in [1.29, 1.82) is 5.41 Å². The smallest absolute Gasteiger partial charge is 0.330 e. The molecule has 0 aliphatic rings. The second kappa shape index (κ2) is 6.18. The molecule has 0 aliphatic carbocycles. The first kappa shape index (κ1) is 12.7. The van der Waals surface area contributed by atoms with Crippen molar-refractivity contribution in [3.63, 3.8) is 0 Å². The summed E-state index contributed by atoms with van der Waals surface area (Å²) >= 11 is 0. The summed E-state index contributed by atoms with van der Waals surface area (Å²) in [6.07, 6.45) is 0. The van der Waals surface area contributed by atoms with E-state index in [1.807, 2.05) is 0 Å². The maximum absolute atomic E-state index is 10.2. The molecule has 0 aromatic carbocycles. The zero-order valence-electron chi connectivity index (χ0n) is 7.92. The number of aromatic amines is 3. The van der Waals surface area contributed by atoms with Gasteiger partial charge >= 0.3 is 17.1 Å². The lowest BCUT2D eigenvalue weighted by atomic mass is 10.9. The summed E-state index contributed by atoms with van der Waals surface area (Å²) in [7, 11) is 0. The molecule has 0 saturated heterocycles. The molecule has 84 valence electrons. The zero-order valence-corrected chi connectivity index (χ0v) is 7.92. The average Bonchev–Trinajstić information content (AvgIpc) is 2.00. The van der Waals surface area contributed by atoms with Gasteiger partial charge in [-0.05, 0) is 6.92 Å². The summed E-state index contributed by atoms with van der Waals surface area (Å²) in [5.74, 6) is 0. The molecule has 0 spiro atoms. The minimum absolute atomic E-state index is 0.211. The van der Waals surface area contributed by atoms with Crippen LogP contribution in [-0.2, 0) is 4.74 Å². The second-order valence-corrected chi connectivity index (χ2v) is 2.16. The number of nitrogens with two attached hydrogens (primary N) is 1. The molecule has 1 aromatic rings. The predicted octanol–water partition coefficient (Wildman–Crippen LogP) is -2.33. The quantitative estimate of drug-likeness (QED) is 0.263. The number of ether oxygens (including phenoxy) is 1. The Balaban J connectivity index is 0.000000288. The summed E-state index contributed by atoms with van der Waals surface area (Å²) in [4.78, 5) is 35.9. The summed E-state index contributed by atoms with van der Waals surface area (Å²) < 4.78 is 4.40. The highest BCUT2D eigenvalue weighted by Gasteiger charge is 1.85. The highest BCUT2D eigenvalue weighted by Crippen LogP contribution is 1.63. The molecule has 0 fully saturated rings. The molecular weight excluding hydrogens is 206 g/mol. The molecule has 0 atom stereocenters. The number of aromatic nitrogens is 3. The van der Waals surface area contributed by atoms with Crippen LogP contribution in [0.5, 0.6) is 0 Å². The number of rotatable bonds is 1. The lowest BCUT2D eigenvalue weighted by Crippen LogP contribution is -2.34. The molecule has 1 aromatic heterocycles. The molecule has 1 rings (SSSR count). The highest BCUT2D eigenvalue weighted by atomic mass is 16.5. The van der Waals surface area contributed by atoms with E-state index < -0.39 is 17.1 Å². The van der Waals surface area contributed by atoms with Crippen LogP contribution in [0, 0.1) is 5.41 Å². The standard InChI is InChI=1S/C3H3N3O3.C3H8N2O/c7-1-4-2(8)6-3(9)5-1;1-2-6-3(4)5/h(H3,4,5,6,7,8,9);2H2,1H3,(H3,4,5). The molecule has 15 heavy (non-hydrogen) atoms. The van der Waals surface area contributed by atoms with Gasteiger partial charge in [-0.2, -0.15) is 0 Å². The zero-order chi connectivity index (χ0) is 11.8. The van der Waals surface area contributed by atoms with E-state index in [-0.39, 0.29) is 6.02 Å². The predicted molar refractivity (Wildman–Crippen MR) is 51.8 cm³/mol. The van der Waals surface area contributed by atoms with E-state index in [0.29, 0.717) is 6.61 Å². The Hall–Kier alpha value is -2.32. The molecule has 0 saturated carbocycles. The van der Waals surface area contributed by atoms with Gasteiger partial charge in [0.15, 0.2) is 0 Å². The van der Waals surface area contributed by atoms with Gasteiger partial charge in [-0.15, -0.1) is 0 Å². The normalized spacial score (nSPS) is 8.60. The van der Waals surface area contributed by atoms with Gasteiger partial charge in [-0.25, -0.2) is 14.4 Å². The third kappa shape index (κ3) is 6.81. The van der Waals surface area contributed by atoms with Crippen LogP contribution in [0.2, 0.25) is 0 Å². The fraction of sp³-hybridized carbons (Fsp3) is 0.333. The van der Waals surface area contributed by atoms with Gasteiger partial charge in [0.2, 0.25) is 0 Å². The first-order chi connectivity index (χ1) is 6.95. The van der Waals surface area contributed by atoms with Crippen molar-refractivity contribution in [2.45, 2.75) is 6.92 Å². The molecule has 0 radical (unpaired) electrons. The fourth-order valence-corrected chi connectivity index (χ4v) is 0.559. The Morgan fingerprint density at radius 2 is 1.53 bits per heavy atom. The lowest BCUT2D eigenvalue weighted by molar-refractivity contribution is 0.319. The average molecular weight is 217 g/mol. The van der Waals surface area contributed by atoms with Gasteiger partial charge in [0.25, 0.3) is 6.02 Å². The van der Waals surface area contributed by atoms with Crippen LogP contribution in [0.4, 0.5) is 0 Å². The first-order valence-corrected chi connectivity index (χ1v) is 3.85. The van der Waals surface area contributed by atoms with E-state index in [1.54, 1.807) is 21.9 Å². The van der Waals surface area contributed by atoms with E-state index in [2.05, 4.69) is 4.74 Å². The van der Waals surface area contributed by atoms with E-state index >= 15 is 0 Å². The Labute approximate surface area is 82.8 Å². The number of hydrogen-bond donors (Lipinski definition) is 5. The molecule has 9 nitrogen and oxygen atoms in total. The summed E-state index contributed by atoms with van der Waals surface area (Å²) in [6.45, 7) is 2.26. The van der Waals surface area contributed by atoms with Gasteiger partial charge in [0.1, 0.15) is 0 Å². The Kier molecular flexibility index (Phi) is 5.23. The Morgan fingerprint density at radius 3 is 1.67 bits per heavy atom. The maximum Gasteiger partial charge on any atom is 0.330 e. The van der Waals surface area contributed by atoms with Gasteiger partial charge in [0, 0.05) is 0 Å². The maximum atomic E-state index is 10.2. The van der Waals surface area contributed by atoms with E-state index in [4.69, 9.17) is 11.1 Å². The van der Waals surface area contributed by atoms with Crippen molar-refractivity contribution in [1.82, 2.24) is 15.0 Å². The van der Waals surface area contributed by atoms with E-state index in [0.717, 1.165) is 0 Å². The monoisotopic (exact) mass is 217 g/mol. The van der Waals surface area contributed by atoms with Crippen molar-refractivity contribution in [2.24, 2.45) is 5.73 Å². The van der Waals surface area contributed by atoms with E-state index in [9.17, 15) is 14.4 Å². The third-order valence-corrected chi connectivity index (χ3v) is 0.981. The van der Waals surface area contributed by atoms with Crippen LogP contribution in [0.15, 0.2) is 14.4 Å². The molecule has 1 heterocycles. The van der Waals surface area contributed by atoms with Crippen molar-refractivity contribution < 1.29 is 4.74 Å². The van der Waals surface area contributed by atoms with Crippen molar-refractivity contribution in [3.05, 3.63) is 31.5 Å². The molecule has 0 amide bonds. The Morgan fingerprint density at radius 1 is 1.20 bits per heavy atom. The molecule has 9 heteroatoms. The minimum atomic E-state index is -0.802. The van der Waals surface area contributed by atoms with Gasteiger partial charge in [-0.3, -0.25) is 20.4 Å². The fourth-order valence-electron chi connectivity index (χ4n) is 0.559.